The van der Waals surface area contributed by atoms with Crippen LogP contribution in [-0.4, -0.2) is 19.1 Å². The van der Waals surface area contributed by atoms with Gasteiger partial charge in [0.2, 0.25) is 0 Å². The van der Waals surface area contributed by atoms with E-state index < -0.39 is 0 Å². The Hall–Kier alpha value is -6.00. The Morgan fingerprint density at radius 2 is 0.932 bits per heavy atom. The van der Waals surface area contributed by atoms with E-state index in [9.17, 15) is 0 Å². The van der Waals surface area contributed by atoms with Crippen LogP contribution in [0.2, 0.25) is 0 Å². The van der Waals surface area contributed by atoms with Crippen LogP contribution in [-0.2, 0) is 0 Å². The molecule has 3 heterocycles. The van der Waals surface area contributed by atoms with Crippen molar-refractivity contribution in [3.63, 3.8) is 0 Å². The van der Waals surface area contributed by atoms with Crippen molar-refractivity contribution in [2.45, 2.75) is 0 Å². The first kappa shape index (κ1) is 24.6. The molecule has 3 aromatic heterocycles. The third kappa shape index (κ3) is 3.64. The Bertz CT molecular complexity index is 2460. The summed E-state index contributed by atoms with van der Waals surface area (Å²) in [5, 5.41) is 4.95. The van der Waals surface area contributed by atoms with Gasteiger partial charge in [-0.1, -0.05) is 103 Å². The van der Waals surface area contributed by atoms with Crippen molar-refractivity contribution >= 4 is 43.6 Å². The van der Waals surface area contributed by atoms with Crippen molar-refractivity contribution < 1.29 is 0 Å². The van der Waals surface area contributed by atoms with Gasteiger partial charge in [-0.15, -0.1) is 0 Å². The van der Waals surface area contributed by atoms with Gasteiger partial charge >= 0.3 is 0 Å². The van der Waals surface area contributed by atoms with Gasteiger partial charge in [-0.3, -0.25) is 0 Å². The van der Waals surface area contributed by atoms with Gasteiger partial charge < -0.3 is 9.13 Å². The van der Waals surface area contributed by atoms with Gasteiger partial charge in [0.05, 0.1) is 22.1 Å². The lowest BCUT2D eigenvalue weighted by molar-refractivity contribution is 1.16. The molecule has 0 saturated heterocycles. The highest BCUT2D eigenvalue weighted by molar-refractivity contribution is 6.30. The van der Waals surface area contributed by atoms with Gasteiger partial charge in [0, 0.05) is 62.0 Å². The molecule has 0 amide bonds. The first-order valence-electron chi connectivity index (χ1n) is 14.8. The smallest absolute Gasteiger partial charge is 0.159 e. The SMILES string of the molecule is c1ccc(-c2ncc(-c3cccc4c5c6c7ccccc7n(-c7ccccc7)c6ccc5n(-c5ccccc5)c34)cn2)cc1. The quantitative estimate of drug-likeness (QED) is 0.214. The molecule has 6 aromatic carbocycles. The maximum atomic E-state index is 4.79. The number of hydrogen-bond donors (Lipinski definition) is 0. The van der Waals surface area contributed by atoms with E-state index in [2.05, 4.69) is 124 Å². The first-order chi connectivity index (χ1) is 21.9. The highest BCUT2D eigenvalue weighted by Gasteiger charge is 2.22. The number of benzene rings is 6. The average molecular weight is 563 g/mol. The molecule has 4 nitrogen and oxygen atoms in total. The molecule has 4 heteroatoms. The molecule has 0 atom stereocenters. The highest BCUT2D eigenvalue weighted by atomic mass is 15.0. The molecule has 0 aliphatic rings. The summed E-state index contributed by atoms with van der Waals surface area (Å²) >= 11 is 0. The first-order valence-corrected chi connectivity index (χ1v) is 14.8. The van der Waals surface area contributed by atoms with Crippen LogP contribution >= 0.6 is 0 Å². The monoisotopic (exact) mass is 562 g/mol. The van der Waals surface area contributed by atoms with E-state index in [1.165, 1.54) is 38.1 Å². The number of hydrogen-bond acceptors (Lipinski definition) is 2. The Morgan fingerprint density at radius 3 is 1.64 bits per heavy atom. The standard InChI is InChI=1S/C40H26N4/c1-4-13-27(14-5-1)40-41-25-28(26-42-40)31-20-12-21-33-38-36(44(39(31)33)30-17-8-3-9-18-30)24-23-35-37(38)32-19-10-11-22-34(32)43(35)29-15-6-2-7-16-29/h1-26H. The second-order valence-corrected chi connectivity index (χ2v) is 11.1. The second-order valence-electron chi connectivity index (χ2n) is 11.1. The van der Waals surface area contributed by atoms with Crippen LogP contribution in [0.1, 0.15) is 0 Å². The van der Waals surface area contributed by atoms with Gasteiger partial charge in [0.15, 0.2) is 5.82 Å². The molecular formula is C40H26N4. The topological polar surface area (TPSA) is 35.6 Å². The number of nitrogens with zero attached hydrogens (tertiary/aromatic N) is 4. The fourth-order valence-corrected chi connectivity index (χ4v) is 6.75. The molecule has 0 aliphatic heterocycles. The highest BCUT2D eigenvalue weighted by Crippen LogP contribution is 2.44. The molecule has 0 N–H and O–H groups in total. The maximum Gasteiger partial charge on any atom is 0.159 e. The van der Waals surface area contributed by atoms with Crippen LogP contribution in [0.3, 0.4) is 0 Å². The van der Waals surface area contributed by atoms with Gasteiger partial charge in [-0.2, -0.15) is 0 Å². The Morgan fingerprint density at radius 1 is 0.386 bits per heavy atom. The molecule has 0 fully saturated rings. The van der Waals surface area contributed by atoms with Crippen LogP contribution in [0.25, 0.3) is 77.5 Å². The number of para-hydroxylation sites is 4. The fraction of sp³-hybridized carbons (Fsp3) is 0. The van der Waals surface area contributed by atoms with Crippen molar-refractivity contribution in [2.75, 3.05) is 0 Å². The second kappa shape index (κ2) is 9.79. The lowest BCUT2D eigenvalue weighted by atomic mass is 10.0. The molecule has 44 heavy (non-hydrogen) atoms. The van der Waals surface area contributed by atoms with Crippen molar-refractivity contribution in [3.05, 3.63) is 158 Å². The Labute approximate surface area is 254 Å². The van der Waals surface area contributed by atoms with Crippen molar-refractivity contribution in [3.8, 4) is 33.9 Å². The van der Waals surface area contributed by atoms with E-state index in [0.29, 0.717) is 0 Å². The predicted octanol–water partition coefficient (Wildman–Crippen LogP) is 10.0. The van der Waals surface area contributed by atoms with Gasteiger partial charge in [-0.25, -0.2) is 9.97 Å². The minimum absolute atomic E-state index is 0.723. The minimum atomic E-state index is 0.723. The molecule has 9 aromatic rings. The zero-order valence-corrected chi connectivity index (χ0v) is 23.8. The lowest BCUT2D eigenvalue weighted by Gasteiger charge is -2.12. The number of fused-ring (bicyclic) bond motifs is 7. The zero-order valence-electron chi connectivity index (χ0n) is 23.8. The summed E-state index contributed by atoms with van der Waals surface area (Å²) in [7, 11) is 0. The summed E-state index contributed by atoms with van der Waals surface area (Å²) < 4.78 is 4.79. The van der Waals surface area contributed by atoms with E-state index in [4.69, 9.17) is 9.97 Å². The van der Waals surface area contributed by atoms with E-state index in [1.807, 2.05) is 42.7 Å². The van der Waals surface area contributed by atoms with E-state index in [1.54, 1.807) is 0 Å². The largest absolute Gasteiger partial charge is 0.309 e. The van der Waals surface area contributed by atoms with E-state index in [0.717, 1.165) is 39.4 Å². The van der Waals surface area contributed by atoms with Crippen LogP contribution in [0.4, 0.5) is 0 Å². The molecule has 0 radical (unpaired) electrons. The third-order valence-corrected chi connectivity index (χ3v) is 8.61. The summed E-state index contributed by atoms with van der Waals surface area (Å²) in [5.74, 6) is 0.723. The summed E-state index contributed by atoms with van der Waals surface area (Å²) in [5.41, 5.74) is 10.1. The predicted molar refractivity (Wildman–Crippen MR) is 182 cm³/mol. The van der Waals surface area contributed by atoms with Gasteiger partial charge in [-0.05, 0) is 42.5 Å². The van der Waals surface area contributed by atoms with Crippen LogP contribution < -0.4 is 0 Å². The summed E-state index contributed by atoms with van der Waals surface area (Å²) in [4.78, 5) is 9.59. The Balaban J connectivity index is 1.40. The molecule has 9 rings (SSSR count). The van der Waals surface area contributed by atoms with Gasteiger partial charge in [0.25, 0.3) is 0 Å². The van der Waals surface area contributed by atoms with Crippen LogP contribution in [0.5, 0.6) is 0 Å². The summed E-state index contributed by atoms with van der Waals surface area (Å²) in [6.07, 6.45) is 3.90. The maximum absolute atomic E-state index is 4.79. The zero-order chi connectivity index (χ0) is 29.0. The number of aromatic nitrogens is 4. The van der Waals surface area contributed by atoms with E-state index in [-0.39, 0.29) is 0 Å². The molecule has 0 unspecified atom stereocenters. The average Bonchev–Trinajstić information content (AvgIpc) is 3.62. The fourth-order valence-electron chi connectivity index (χ4n) is 6.75. The van der Waals surface area contributed by atoms with Crippen LogP contribution in [0.15, 0.2) is 158 Å². The molecule has 0 bridgehead atoms. The van der Waals surface area contributed by atoms with Gasteiger partial charge in [0.1, 0.15) is 0 Å². The van der Waals surface area contributed by atoms with Crippen molar-refractivity contribution in [2.24, 2.45) is 0 Å². The third-order valence-electron chi connectivity index (χ3n) is 8.61. The number of rotatable bonds is 4. The summed E-state index contributed by atoms with van der Waals surface area (Å²) in [6.45, 7) is 0. The molecule has 0 spiro atoms. The molecular weight excluding hydrogens is 536 g/mol. The van der Waals surface area contributed by atoms with Crippen LogP contribution in [0, 0.1) is 0 Å². The van der Waals surface area contributed by atoms with Crippen molar-refractivity contribution in [1.29, 1.82) is 0 Å². The molecule has 0 saturated carbocycles. The molecule has 206 valence electrons. The minimum Gasteiger partial charge on any atom is -0.309 e. The lowest BCUT2D eigenvalue weighted by Crippen LogP contribution is -1.96. The molecule has 0 aliphatic carbocycles. The Kier molecular flexibility index (Phi) is 5.47. The van der Waals surface area contributed by atoms with Crippen molar-refractivity contribution in [1.82, 2.24) is 19.1 Å². The summed E-state index contributed by atoms with van der Waals surface area (Å²) in [6, 6.07) is 51.3. The van der Waals surface area contributed by atoms with E-state index >= 15 is 0 Å². The normalized spacial score (nSPS) is 11.6.